The molecule has 0 saturated carbocycles. The molecule has 35 heavy (non-hydrogen) atoms. The van der Waals surface area contributed by atoms with Gasteiger partial charge in [-0.25, -0.2) is 9.18 Å². The number of fused-ring (bicyclic) bond motifs is 1. The van der Waals surface area contributed by atoms with Crippen LogP contribution in [0.25, 0.3) is 10.9 Å². The van der Waals surface area contributed by atoms with Gasteiger partial charge in [0, 0.05) is 30.2 Å². The number of hydrogen-bond acceptors (Lipinski definition) is 6. The van der Waals surface area contributed by atoms with E-state index in [2.05, 4.69) is 10.3 Å². The van der Waals surface area contributed by atoms with Crippen molar-refractivity contribution in [3.8, 4) is 0 Å². The van der Waals surface area contributed by atoms with E-state index >= 15 is 0 Å². The first-order valence-electron chi connectivity index (χ1n) is 11.7. The van der Waals surface area contributed by atoms with Crippen LogP contribution in [-0.2, 0) is 20.7 Å². The molecule has 5 rings (SSSR count). The molecule has 2 saturated heterocycles. The van der Waals surface area contributed by atoms with Gasteiger partial charge in [-0.2, -0.15) is 0 Å². The number of nitrogens with zero attached hydrogens (tertiary/aromatic N) is 2. The Hall–Kier alpha value is -3.63. The first-order valence-corrected chi connectivity index (χ1v) is 11.7. The van der Waals surface area contributed by atoms with E-state index in [0.717, 1.165) is 16.5 Å². The summed E-state index contributed by atoms with van der Waals surface area (Å²) in [4.78, 5) is 31.4. The van der Waals surface area contributed by atoms with Gasteiger partial charge in [-0.05, 0) is 36.2 Å². The Morgan fingerprint density at radius 2 is 2.03 bits per heavy atom. The van der Waals surface area contributed by atoms with Crippen molar-refractivity contribution in [1.82, 2.24) is 10.3 Å². The van der Waals surface area contributed by atoms with Gasteiger partial charge >= 0.3 is 6.09 Å². The molecule has 0 bridgehead atoms. The lowest BCUT2D eigenvalue weighted by molar-refractivity contribution is -0.122. The molecule has 2 atom stereocenters. The van der Waals surface area contributed by atoms with Crippen LogP contribution in [0, 0.1) is 5.82 Å². The number of H-pyrrole nitrogens is 1. The van der Waals surface area contributed by atoms with E-state index in [4.69, 9.17) is 15.2 Å². The summed E-state index contributed by atoms with van der Waals surface area (Å²) in [6, 6.07) is 11.8. The Bertz CT molecular complexity index is 1230. The number of cyclic esters (lactones) is 1. The Morgan fingerprint density at radius 1 is 1.23 bits per heavy atom. The summed E-state index contributed by atoms with van der Waals surface area (Å²) < 4.78 is 25.5. The van der Waals surface area contributed by atoms with Crippen molar-refractivity contribution in [3.63, 3.8) is 0 Å². The number of rotatable bonds is 7. The number of ether oxygens (including phenoxy) is 2. The highest BCUT2D eigenvalue weighted by Gasteiger charge is 2.33. The Balaban J connectivity index is 1.15. The number of aromatic nitrogens is 1. The van der Waals surface area contributed by atoms with Crippen molar-refractivity contribution in [2.45, 2.75) is 18.6 Å². The molecule has 2 fully saturated rings. The average Bonchev–Trinajstić information content (AvgIpc) is 3.46. The van der Waals surface area contributed by atoms with Crippen LogP contribution in [0.3, 0.4) is 0 Å². The highest BCUT2D eigenvalue weighted by molar-refractivity contribution is 5.90. The number of aromatic amines is 1. The van der Waals surface area contributed by atoms with E-state index in [1.165, 1.54) is 11.0 Å². The number of carbonyl (C=O) groups is 2. The zero-order valence-electron chi connectivity index (χ0n) is 19.2. The topological polar surface area (TPSA) is 113 Å². The Kier molecular flexibility index (Phi) is 6.56. The van der Waals surface area contributed by atoms with Gasteiger partial charge < -0.3 is 30.4 Å². The van der Waals surface area contributed by atoms with Crippen LogP contribution in [0.1, 0.15) is 5.56 Å². The quantitative estimate of drug-likeness (QED) is 0.477. The summed E-state index contributed by atoms with van der Waals surface area (Å²) in [5, 5.41) is 3.80. The summed E-state index contributed by atoms with van der Waals surface area (Å²) >= 11 is 0. The number of morpholine rings is 1. The van der Waals surface area contributed by atoms with E-state index in [9.17, 15) is 14.0 Å². The van der Waals surface area contributed by atoms with Gasteiger partial charge in [0.1, 0.15) is 11.9 Å². The van der Waals surface area contributed by atoms with Gasteiger partial charge in [-0.3, -0.25) is 9.69 Å². The van der Waals surface area contributed by atoms with Crippen molar-refractivity contribution in [3.05, 3.63) is 60.0 Å². The molecule has 0 radical (unpaired) electrons. The molecule has 2 aliphatic heterocycles. The molecule has 10 heteroatoms. The van der Waals surface area contributed by atoms with E-state index in [1.807, 2.05) is 35.4 Å². The molecule has 184 valence electrons. The van der Waals surface area contributed by atoms with Gasteiger partial charge in [0.15, 0.2) is 0 Å². The van der Waals surface area contributed by atoms with E-state index in [-0.39, 0.29) is 19.0 Å². The van der Waals surface area contributed by atoms with Crippen LogP contribution >= 0.6 is 0 Å². The molecule has 1 aromatic heterocycles. The van der Waals surface area contributed by atoms with Crippen LogP contribution < -0.4 is 20.9 Å². The van der Waals surface area contributed by atoms with Crippen LogP contribution in [0.5, 0.6) is 0 Å². The molecule has 3 aromatic rings. The van der Waals surface area contributed by atoms with Crippen molar-refractivity contribution < 1.29 is 23.5 Å². The third-order valence-electron chi connectivity index (χ3n) is 6.42. The highest BCUT2D eigenvalue weighted by Crippen LogP contribution is 2.28. The summed E-state index contributed by atoms with van der Waals surface area (Å²) in [7, 11) is 0. The number of amides is 2. The molecular weight excluding hydrogens is 453 g/mol. The van der Waals surface area contributed by atoms with Crippen LogP contribution in [0.15, 0.2) is 48.7 Å². The zero-order chi connectivity index (χ0) is 24.4. The first-order chi connectivity index (χ1) is 17.0. The maximum Gasteiger partial charge on any atom is 0.414 e. The zero-order valence-corrected chi connectivity index (χ0v) is 19.2. The lowest BCUT2D eigenvalue weighted by Crippen LogP contribution is -2.45. The number of nitrogens with two attached hydrogens (primary N) is 1. The minimum atomic E-state index is -0.746. The predicted octanol–water partition coefficient (Wildman–Crippen LogP) is 2.15. The third kappa shape index (κ3) is 4.94. The van der Waals surface area contributed by atoms with Gasteiger partial charge in [0.05, 0.1) is 43.7 Å². The second kappa shape index (κ2) is 9.93. The van der Waals surface area contributed by atoms with Crippen molar-refractivity contribution >= 4 is 34.3 Å². The number of benzene rings is 2. The van der Waals surface area contributed by atoms with Gasteiger partial charge in [-0.15, -0.1) is 0 Å². The molecular formula is C25H28FN5O4. The highest BCUT2D eigenvalue weighted by atomic mass is 19.1. The third-order valence-corrected chi connectivity index (χ3v) is 6.42. The fraction of sp³-hybridized carbons (Fsp3) is 0.360. The van der Waals surface area contributed by atoms with Gasteiger partial charge in [0.2, 0.25) is 5.91 Å². The van der Waals surface area contributed by atoms with E-state index in [1.54, 1.807) is 12.1 Å². The van der Waals surface area contributed by atoms with E-state index < -0.39 is 24.1 Å². The van der Waals surface area contributed by atoms with Crippen LogP contribution in [0.4, 0.5) is 20.6 Å². The standard InChI is InChI=1S/C25H28FN5O4/c26-20-12-17(5-6-23(20)30-7-9-34-10-8-30)31-15-18(35-25(31)33)14-29-24(32)21(27)11-16-13-28-22-4-2-1-3-19(16)22/h1-6,12-13,18,21,28H,7-11,14-15,27H2,(H,29,32). The molecule has 9 nitrogen and oxygen atoms in total. The molecule has 2 aliphatic rings. The maximum atomic E-state index is 14.8. The van der Waals surface area contributed by atoms with E-state index in [0.29, 0.717) is 44.1 Å². The van der Waals surface area contributed by atoms with Crippen LogP contribution in [0.2, 0.25) is 0 Å². The smallest absolute Gasteiger partial charge is 0.414 e. The summed E-state index contributed by atoms with van der Waals surface area (Å²) in [6.45, 7) is 2.67. The molecule has 2 unspecified atom stereocenters. The average molecular weight is 482 g/mol. The number of hydrogen-bond donors (Lipinski definition) is 3. The molecule has 2 amide bonds. The normalized spacial score (nSPS) is 19.1. The maximum absolute atomic E-state index is 14.8. The molecule has 2 aromatic carbocycles. The second-order valence-electron chi connectivity index (χ2n) is 8.77. The predicted molar refractivity (Wildman–Crippen MR) is 130 cm³/mol. The minimum Gasteiger partial charge on any atom is -0.442 e. The van der Waals surface area contributed by atoms with Gasteiger partial charge in [0.25, 0.3) is 0 Å². The second-order valence-corrected chi connectivity index (χ2v) is 8.77. The molecule has 0 spiro atoms. The molecule has 4 N–H and O–H groups in total. The van der Waals surface area contributed by atoms with Crippen molar-refractivity contribution in [2.75, 3.05) is 49.2 Å². The molecule has 3 heterocycles. The fourth-order valence-electron chi connectivity index (χ4n) is 4.54. The fourth-order valence-corrected chi connectivity index (χ4v) is 4.54. The number of anilines is 2. The van der Waals surface area contributed by atoms with Crippen molar-refractivity contribution in [1.29, 1.82) is 0 Å². The number of nitrogens with one attached hydrogen (secondary N) is 2. The Labute approximate surface area is 202 Å². The monoisotopic (exact) mass is 481 g/mol. The largest absolute Gasteiger partial charge is 0.442 e. The minimum absolute atomic E-state index is 0.122. The van der Waals surface area contributed by atoms with Crippen LogP contribution in [-0.4, -0.2) is 68.5 Å². The SMILES string of the molecule is NC(Cc1c[nH]c2ccccc12)C(=O)NCC1CN(c2ccc(N3CCOCC3)c(F)c2)C(=O)O1. The van der Waals surface area contributed by atoms with Crippen molar-refractivity contribution in [2.24, 2.45) is 5.73 Å². The number of carbonyl (C=O) groups excluding carboxylic acids is 2. The Morgan fingerprint density at radius 3 is 2.83 bits per heavy atom. The number of halogens is 1. The summed E-state index contributed by atoms with van der Waals surface area (Å²) in [6.07, 6.45) is 1.10. The lowest BCUT2D eigenvalue weighted by Gasteiger charge is -2.29. The summed E-state index contributed by atoms with van der Waals surface area (Å²) in [5.41, 5.74) is 8.97. The summed E-state index contributed by atoms with van der Waals surface area (Å²) in [5.74, 6) is -0.733. The number of para-hydroxylation sites is 1. The first kappa shape index (κ1) is 23.1. The lowest BCUT2D eigenvalue weighted by atomic mass is 10.1. The molecule has 0 aliphatic carbocycles. The van der Waals surface area contributed by atoms with Gasteiger partial charge in [-0.1, -0.05) is 18.2 Å².